The summed E-state index contributed by atoms with van der Waals surface area (Å²) in [5.41, 5.74) is 3.58. The van der Waals surface area contributed by atoms with Crippen molar-refractivity contribution in [3.8, 4) is 0 Å². The predicted molar refractivity (Wildman–Crippen MR) is 90.2 cm³/mol. The van der Waals surface area contributed by atoms with Gasteiger partial charge in [0.2, 0.25) is 0 Å². The average Bonchev–Trinajstić information content (AvgIpc) is 3.07. The van der Waals surface area contributed by atoms with E-state index in [1.165, 1.54) is 49.8 Å². The lowest BCUT2D eigenvalue weighted by atomic mass is 10.0. The molecule has 2 aliphatic carbocycles. The van der Waals surface area contributed by atoms with Crippen molar-refractivity contribution in [2.45, 2.75) is 57.4 Å². The van der Waals surface area contributed by atoms with Crippen LogP contribution in [0.4, 0.5) is 5.69 Å². The molecule has 4 rings (SSSR count). The van der Waals surface area contributed by atoms with Crippen molar-refractivity contribution in [1.82, 2.24) is 19.7 Å². The van der Waals surface area contributed by atoms with Gasteiger partial charge in [-0.1, -0.05) is 12.8 Å². The fourth-order valence-corrected chi connectivity index (χ4v) is 3.56. The molecule has 2 fully saturated rings. The van der Waals surface area contributed by atoms with E-state index in [-0.39, 0.29) is 0 Å². The maximum atomic E-state index is 4.70. The highest BCUT2D eigenvalue weighted by atomic mass is 15.3. The van der Waals surface area contributed by atoms with Gasteiger partial charge in [0.1, 0.15) is 5.82 Å². The normalized spacial score (nSPS) is 18.5. The van der Waals surface area contributed by atoms with Crippen molar-refractivity contribution in [1.29, 1.82) is 0 Å². The number of hydrogen-bond donors (Lipinski definition) is 1. The lowest BCUT2D eigenvalue weighted by molar-refractivity contribution is 0.654. The molecule has 2 aliphatic rings. The van der Waals surface area contributed by atoms with Crippen molar-refractivity contribution in [3.63, 3.8) is 0 Å². The summed E-state index contributed by atoms with van der Waals surface area (Å²) in [4.78, 5) is 8.96. The molecule has 5 nitrogen and oxygen atoms in total. The molecule has 0 saturated heterocycles. The second-order valence-electron chi connectivity index (χ2n) is 7.08. The van der Waals surface area contributed by atoms with Crippen molar-refractivity contribution in [2.75, 3.05) is 5.32 Å². The van der Waals surface area contributed by atoms with E-state index in [1.54, 1.807) is 0 Å². The molecule has 0 amide bonds. The zero-order chi connectivity index (χ0) is 15.6. The minimum atomic E-state index is 0.644. The summed E-state index contributed by atoms with van der Waals surface area (Å²) in [6.45, 7) is 0.797. The first-order valence-electron chi connectivity index (χ1n) is 8.85. The van der Waals surface area contributed by atoms with Crippen LogP contribution in [0.15, 0.2) is 18.6 Å². The van der Waals surface area contributed by atoms with Crippen LogP contribution < -0.4 is 5.32 Å². The fourth-order valence-electron chi connectivity index (χ4n) is 3.56. The Morgan fingerprint density at radius 3 is 2.57 bits per heavy atom. The van der Waals surface area contributed by atoms with Gasteiger partial charge in [0, 0.05) is 37.7 Å². The molecular formula is C18H25N5. The van der Waals surface area contributed by atoms with E-state index >= 15 is 0 Å². The van der Waals surface area contributed by atoms with Crippen LogP contribution in [0.2, 0.25) is 0 Å². The number of aryl methyl sites for hydroxylation is 1. The predicted octanol–water partition coefficient (Wildman–Crippen LogP) is 3.43. The standard InChI is InChI=1S/C18H25N5/c1-23-12-15(18(22-23)14-4-2-3-5-14)9-19-16-10-20-17(21-11-16)8-13-6-7-13/h10-14,19H,2-9H2,1H3. The smallest absolute Gasteiger partial charge is 0.128 e. The molecule has 0 unspecified atom stereocenters. The minimum Gasteiger partial charge on any atom is -0.378 e. The van der Waals surface area contributed by atoms with Gasteiger partial charge in [-0.25, -0.2) is 9.97 Å². The van der Waals surface area contributed by atoms with Crippen LogP contribution in [0.3, 0.4) is 0 Å². The first-order valence-corrected chi connectivity index (χ1v) is 8.85. The van der Waals surface area contributed by atoms with Crippen molar-refractivity contribution < 1.29 is 0 Å². The third kappa shape index (κ3) is 3.54. The van der Waals surface area contributed by atoms with Crippen LogP contribution in [-0.2, 0) is 20.0 Å². The minimum absolute atomic E-state index is 0.644. The molecule has 23 heavy (non-hydrogen) atoms. The van der Waals surface area contributed by atoms with Crippen LogP contribution in [0.1, 0.15) is 61.5 Å². The molecule has 2 aromatic heterocycles. The van der Waals surface area contributed by atoms with Crippen LogP contribution in [0.5, 0.6) is 0 Å². The molecule has 0 bridgehead atoms. The van der Waals surface area contributed by atoms with Gasteiger partial charge in [0.15, 0.2) is 0 Å². The molecule has 0 spiro atoms. The second kappa shape index (κ2) is 6.30. The number of nitrogens with one attached hydrogen (secondary N) is 1. The summed E-state index contributed by atoms with van der Waals surface area (Å²) in [7, 11) is 2.01. The van der Waals surface area contributed by atoms with E-state index in [0.717, 1.165) is 30.4 Å². The van der Waals surface area contributed by atoms with Gasteiger partial charge >= 0.3 is 0 Å². The fraction of sp³-hybridized carbons (Fsp3) is 0.611. The molecule has 2 aromatic rings. The number of hydrogen-bond acceptors (Lipinski definition) is 4. The van der Waals surface area contributed by atoms with Gasteiger partial charge in [0.05, 0.1) is 23.8 Å². The van der Waals surface area contributed by atoms with Gasteiger partial charge in [-0.05, 0) is 31.6 Å². The number of anilines is 1. The highest BCUT2D eigenvalue weighted by Crippen LogP contribution is 2.35. The van der Waals surface area contributed by atoms with Gasteiger partial charge in [-0.2, -0.15) is 5.10 Å². The molecule has 5 heteroatoms. The first kappa shape index (κ1) is 14.7. The Kier molecular flexibility index (Phi) is 4.02. The Bertz CT molecular complexity index is 651. The Balaban J connectivity index is 1.40. The Labute approximate surface area is 137 Å². The highest BCUT2D eigenvalue weighted by molar-refractivity contribution is 5.39. The largest absolute Gasteiger partial charge is 0.378 e. The zero-order valence-corrected chi connectivity index (χ0v) is 13.8. The van der Waals surface area contributed by atoms with Crippen LogP contribution >= 0.6 is 0 Å². The van der Waals surface area contributed by atoms with Crippen LogP contribution in [0, 0.1) is 5.92 Å². The highest BCUT2D eigenvalue weighted by Gasteiger charge is 2.23. The van der Waals surface area contributed by atoms with Gasteiger partial charge in [0.25, 0.3) is 0 Å². The maximum Gasteiger partial charge on any atom is 0.128 e. The van der Waals surface area contributed by atoms with E-state index < -0.39 is 0 Å². The topological polar surface area (TPSA) is 55.6 Å². The number of aromatic nitrogens is 4. The first-order chi connectivity index (χ1) is 11.3. The molecule has 2 heterocycles. The lowest BCUT2D eigenvalue weighted by Crippen LogP contribution is -2.05. The van der Waals surface area contributed by atoms with E-state index in [0.29, 0.717) is 5.92 Å². The third-order valence-corrected chi connectivity index (χ3v) is 5.04. The van der Waals surface area contributed by atoms with E-state index in [9.17, 15) is 0 Å². The van der Waals surface area contributed by atoms with E-state index in [1.807, 2.05) is 24.1 Å². The van der Waals surface area contributed by atoms with E-state index in [2.05, 4.69) is 21.5 Å². The summed E-state index contributed by atoms with van der Waals surface area (Å²) in [6.07, 6.45) is 14.9. The Hall–Kier alpha value is -1.91. The summed E-state index contributed by atoms with van der Waals surface area (Å²) < 4.78 is 1.94. The summed E-state index contributed by atoms with van der Waals surface area (Å²) in [5, 5.41) is 8.16. The average molecular weight is 311 g/mol. The quantitative estimate of drug-likeness (QED) is 0.888. The lowest BCUT2D eigenvalue weighted by Gasteiger charge is -2.10. The van der Waals surface area contributed by atoms with Crippen molar-refractivity contribution in [2.24, 2.45) is 13.0 Å². The van der Waals surface area contributed by atoms with Gasteiger partial charge in [-0.3, -0.25) is 4.68 Å². The number of rotatable bonds is 6. The van der Waals surface area contributed by atoms with Gasteiger partial charge in [-0.15, -0.1) is 0 Å². The summed E-state index contributed by atoms with van der Waals surface area (Å²) in [6, 6.07) is 0. The monoisotopic (exact) mass is 311 g/mol. The van der Waals surface area contributed by atoms with Crippen LogP contribution in [-0.4, -0.2) is 19.7 Å². The molecule has 1 N–H and O–H groups in total. The number of nitrogens with zero attached hydrogens (tertiary/aromatic N) is 4. The molecule has 122 valence electrons. The van der Waals surface area contributed by atoms with Crippen LogP contribution in [0.25, 0.3) is 0 Å². The maximum absolute atomic E-state index is 4.70. The Morgan fingerprint density at radius 1 is 1.13 bits per heavy atom. The SMILES string of the molecule is Cn1cc(CNc2cnc(CC3CC3)nc2)c(C2CCCC2)n1. The molecular weight excluding hydrogens is 286 g/mol. The molecule has 0 radical (unpaired) electrons. The third-order valence-electron chi connectivity index (χ3n) is 5.04. The second-order valence-corrected chi connectivity index (χ2v) is 7.08. The van der Waals surface area contributed by atoms with Gasteiger partial charge < -0.3 is 5.32 Å². The molecule has 0 aromatic carbocycles. The zero-order valence-electron chi connectivity index (χ0n) is 13.8. The van der Waals surface area contributed by atoms with Crippen molar-refractivity contribution >= 4 is 5.69 Å². The molecule has 0 atom stereocenters. The summed E-state index contributed by atoms with van der Waals surface area (Å²) >= 11 is 0. The van der Waals surface area contributed by atoms with E-state index in [4.69, 9.17) is 5.10 Å². The Morgan fingerprint density at radius 2 is 1.87 bits per heavy atom. The molecule has 0 aliphatic heterocycles. The molecule has 2 saturated carbocycles. The summed E-state index contributed by atoms with van der Waals surface area (Å²) in [5.74, 6) is 2.45. The van der Waals surface area contributed by atoms with Crippen molar-refractivity contribution in [3.05, 3.63) is 35.7 Å².